The molecule has 0 spiro atoms. The maximum absolute atomic E-state index is 10.6. The first kappa shape index (κ1) is 9.48. The molecule has 0 aromatic heterocycles. The Morgan fingerprint density at radius 1 is 1.42 bits per heavy atom. The minimum absolute atomic E-state index is 0.0816. The summed E-state index contributed by atoms with van der Waals surface area (Å²) in [5, 5.41) is 0. The lowest BCUT2D eigenvalue weighted by Crippen LogP contribution is -2.37. The summed E-state index contributed by atoms with van der Waals surface area (Å²) in [7, 11) is 0. The fourth-order valence-corrected chi connectivity index (χ4v) is 1.22. The van der Waals surface area contributed by atoms with Crippen LogP contribution >= 0.6 is 0 Å². The van der Waals surface area contributed by atoms with Crippen LogP contribution in [0.5, 0.6) is 0 Å². The summed E-state index contributed by atoms with van der Waals surface area (Å²) >= 11 is 0. The molecule has 70 valence electrons. The van der Waals surface area contributed by atoms with Gasteiger partial charge in [0, 0.05) is 13.3 Å². The van der Waals surface area contributed by atoms with E-state index in [1.807, 2.05) is 6.92 Å². The molecule has 0 bridgehead atoms. The molecule has 1 rings (SSSR count). The van der Waals surface area contributed by atoms with Gasteiger partial charge in [-0.05, 0) is 13.8 Å². The second-order valence-corrected chi connectivity index (χ2v) is 2.93. The van der Waals surface area contributed by atoms with Gasteiger partial charge in [-0.25, -0.2) is 0 Å². The second kappa shape index (κ2) is 3.87. The van der Waals surface area contributed by atoms with Crippen molar-refractivity contribution in [2.24, 2.45) is 0 Å². The molecule has 0 amide bonds. The first-order chi connectivity index (χ1) is 5.58. The highest BCUT2D eigenvalue weighted by Crippen LogP contribution is 2.18. The quantitative estimate of drug-likeness (QED) is 0.557. The van der Waals surface area contributed by atoms with E-state index in [1.54, 1.807) is 6.92 Å². The molecule has 1 aliphatic rings. The summed E-state index contributed by atoms with van der Waals surface area (Å²) in [6, 6.07) is 0. The van der Waals surface area contributed by atoms with Crippen molar-refractivity contribution in [1.29, 1.82) is 0 Å². The van der Waals surface area contributed by atoms with Crippen molar-refractivity contribution in [3.63, 3.8) is 0 Å². The van der Waals surface area contributed by atoms with E-state index in [0.717, 1.165) is 0 Å². The maximum Gasteiger partial charge on any atom is 0.304 e. The van der Waals surface area contributed by atoms with Gasteiger partial charge < -0.3 is 14.2 Å². The van der Waals surface area contributed by atoms with E-state index in [2.05, 4.69) is 0 Å². The van der Waals surface area contributed by atoms with E-state index in [1.165, 1.54) is 6.92 Å². The molecule has 0 aromatic carbocycles. The maximum atomic E-state index is 10.6. The summed E-state index contributed by atoms with van der Waals surface area (Å²) in [6.07, 6.45) is -0.0540. The average Bonchev–Trinajstić information content (AvgIpc) is 1.81. The molecular weight excluding hydrogens is 160 g/mol. The molecular formula is C8H14O4. The van der Waals surface area contributed by atoms with Gasteiger partial charge in [-0.2, -0.15) is 0 Å². The number of hydrogen-bond donors (Lipinski definition) is 0. The first-order valence-corrected chi connectivity index (χ1v) is 4.06. The van der Waals surface area contributed by atoms with Gasteiger partial charge in [-0.15, -0.1) is 0 Å². The van der Waals surface area contributed by atoms with Crippen LogP contribution in [0.4, 0.5) is 0 Å². The Kier molecular flexibility index (Phi) is 3.05. The summed E-state index contributed by atoms with van der Waals surface area (Å²) in [6.45, 7) is 5.08. The number of ether oxygens (including phenoxy) is 3. The van der Waals surface area contributed by atoms with Crippen LogP contribution in [0.2, 0.25) is 0 Å². The summed E-state index contributed by atoms with van der Waals surface area (Å²) in [5.41, 5.74) is 0. The van der Waals surface area contributed by atoms with Crippen LogP contribution in [-0.4, -0.2) is 24.7 Å². The van der Waals surface area contributed by atoms with Crippen molar-refractivity contribution in [2.75, 3.05) is 0 Å². The number of hydrogen-bond acceptors (Lipinski definition) is 4. The summed E-state index contributed by atoms with van der Waals surface area (Å²) in [4.78, 5) is 10.6. The predicted octanol–water partition coefficient (Wildman–Crippen LogP) is 1.05. The Morgan fingerprint density at radius 2 is 2.08 bits per heavy atom. The molecule has 0 radical (unpaired) electrons. The van der Waals surface area contributed by atoms with Crippen molar-refractivity contribution in [3.05, 3.63) is 0 Å². The highest BCUT2D eigenvalue weighted by atomic mass is 16.8. The molecule has 1 fully saturated rings. The van der Waals surface area contributed by atoms with Gasteiger partial charge in [0.1, 0.15) is 0 Å². The second-order valence-electron chi connectivity index (χ2n) is 2.93. The van der Waals surface area contributed by atoms with Crippen LogP contribution in [0.1, 0.15) is 27.2 Å². The van der Waals surface area contributed by atoms with Gasteiger partial charge in [-0.1, -0.05) is 0 Å². The predicted molar refractivity (Wildman–Crippen MR) is 41.3 cm³/mol. The molecule has 1 saturated heterocycles. The van der Waals surface area contributed by atoms with Gasteiger partial charge in [0.2, 0.25) is 6.29 Å². The summed E-state index contributed by atoms with van der Waals surface area (Å²) < 4.78 is 15.4. The highest BCUT2D eigenvalue weighted by molar-refractivity contribution is 5.66. The Morgan fingerprint density at radius 3 is 2.58 bits per heavy atom. The lowest BCUT2D eigenvalue weighted by molar-refractivity contribution is -0.288. The van der Waals surface area contributed by atoms with Crippen molar-refractivity contribution in [2.45, 2.75) is 45.9 Å². The van der Waals surface area contributed by atoms with Crippen LogP contribution in [0.25, 0.3) is 0 Å². The molecule has 1 heterocycles. The van der Waals surface area contributed by atoms with Crippen molar-refractivity contribution >= 4 is 5.97 Å². The molecule has 0 aliphatic carbocycles. The molecule has 3 atom stereocenters. The number of carbonyl (C=O) groups excluding carboxylic acids is 1. The van der Waals surface area contributed by atoms with E-state index >= 15 is 0 Å². The SMILES string of the molecule is CC(=O)O[C@@H]1C[C@H](C)O[C@@H](C)O1. The zero-order valence-corrected chi connectivity index (χ0v) is 7.57. The van der Waals surface area contributed by atoms with E-state index in [9.17, 15) is 4.79 Å². The van der Waals surface area contributed by atoms with Crippen molar-refractivity contribution in [3.8, 4) is 0 Å². The summed E-state index contributed by atoms with van der Waals surface area (Å²) in [5.74, 6) is -0.318. The highest BCUT2D eigenvalue weighted by Gasteiger charge is 2.26. The zero-order chi connectivity index (χ0) is 9.14. The third kappa shape index (κ3) is 2.79. The van der Waals surface area contributed by atoms with Gasteiger partial charge in [-0.3, -0.25) is 4.79 Å². The van der Waals surface area contributed by atoms with Crippen molar-refractivity contribution in [1.82, 2.24) is 0 Å². The van der Waals surface area contributed by atoms with Gasteiger partial charge in [0.25, 0.3) is 0 Å². The topological polar surface area (TPSA) is 44.8 Å². The van der Waals surface area contributed by atoms with E-state index in [4.69, 9.17) is 14.2 Å². The fourth-order valence-electron chi connectivity index (χ4n) is 1.22. The largest absolute Gasteiger partial charge is 0.436 e. The lowest BCUT2D eigenvalue weighted by Gasteiger charge is -2.31. The molecule has 0 aromatic rings. The molecule has 4 heteroatoms. The molecule has 4 nitrogen and oxygen atoms in total. The Balaban J connectivity index is 2.38. The van der Waals surface area contributed by atoms with Crippen LogP contribution in [0.3, 0.4) is 0 Å². The van der Waals surface area contributed by atoms with Crippen LogP contribution in [0.15, 0.2) is 0 Å². The smallest absolute Gasteiger partial charge is 0.304 e. The van der Waals surface area contributed by atoms with Gasteiger partial charge in [0.15, 0.2) is 6.29 Å². The normalized spacial score (nSPS) is 36.1. The standard InChI is InChI=1S/C8H14O4/c1-5-4-8(11-6(2)9)12-7(3)10-5/h5,7-8H,4H2,1-3H3/t5-,7+,8-/m0/s1. The Labute approximate surface area is 71.8 Å². The van der Waals surface area contributed by atoms with E-state index in [-0.39, 0.29) is 18.4 Å². The third-order valence-corrected chi connectivity index (χ3v) is 1.59. The van der Waals surface area contributed by atoms with Crippen molar-refractivity contribution < 1.29 is 19.0 Å². The monoisotopic (exact) mass is 174 g/mol. The molecule has 0 N–H and O–H groups in total. The molecule has 12 heavy (non-hydrogen) atoms. The average molecular weight is 174 g/mol. The molecule has 0 saturated carbocycles. The minimum Gasteiger partial charge on any atom is -0.436 e. The van der Waals surface area contributed by atoms with Crippen LogP contribution < -0.4 is 0 Å². The molecule has 1 aliphatic heterocycles. The molecule has 0 unspecified atom stereocenters. The number of carbonyl (C=O) groups is 1. The minimum atomic E-state index is -0.443. The Hall–Kier alpha value is -0.610. The van der Waals surface area contributed by atoms with Crippen LogP contribution in [0, 0.1) is 0 Å². The lowest BCUT2D eigenvalue weighted by atomic mass is 10.2. The number of esters is 1. The zero-order valence-electron chi connectivity index (χ0n) is 7.57. The van der Waals surface area contributed by atoms with Gasteiger partial charge in [0.05, 0.1) is 6.10 Å². The Bertz CT molecular complexity index is 158. The van der Waals surface area contributed by atoms with Gasteiger partial charge >= 0.3 is 5.97 Å². The van der Waals surface area contributed by atoms with E-state index < -0.39 is 6.29 Å². The number of rotatable bonds is 1. The van der Waals surface area contributed by atoms with E-state index in [0.29, 0.717) is 6.42 Å². The fraction of sp³-hybridized carbons (Fsp3) is 0.875. The van der Waals surface area contributed by atoms with Crippen LogP contribution in [-0.2, 0) is 19.0 Å². The third-order valence-electron chi connectivity index (χ3n) is 1.59. The first-order valence-electron chi connectivity index (χ1n) is 4.06.